The first-order chi connectivity index (χ1) is 12.0. The molecule has 0 radical (unpaired) electrons. The normalized spacial score (nSPS) is 15.2. The number of aromatic amines is 1. The molecule has 1 aromatic carbocycles. The largest absolute Gasteiger partial charge is 0.342 e. The van der Waals surface area contributed by atoms with Gasteiger partial charge in [0, 0.05) is 37.7 Å². The van der Waals surface area contributed by atoms with Crippen LogP contribution in [0.4, 0.5) is 0 Å². The monoisotopic (exact) mass is 342 g/mol. The van der Waals surface area contributed by atoms with Gasteiger partial charge in [-0.05, 0) is 38.0 Å². The van der Waals surface area contributed by atoms with Crippen LogP contribution < -0.4 is 0 Å². The van der Waals surface area contributed by atoms with Crippen molar-refractivity contribution in [3.8, 4) is 0 Å². The van der Waals surface area contributed by atoms with E-state index in [0.717, 1.165) is 29.7 Å². The summed E-state index contributed by atoms with van der Waals surface area (Å²) in [5, 5.41) is 0. The van der Waals surface area contributed by atoms with Crippen molar-refractivity contribution in [2.24, 2.45) is 5.92 Å². The van der Waals surface area contributed by atoms with Crippen molar-refractivity contribution >= 4 is 22.8 Å². The predicted molar refractivity (Wildman–Crippen MR) is 97.4 cm³/mol. The maximum Gasteiger partial charge on any atom is 0.254 e. The molecule has 2 aromatic rings. The molecule has 1 aliphatic heterocycles. The number of nitrogens with one attached hydrogen (secondary N) is 1. The van der Waals surface area contributed by atoms with Crippen LogP contribution in [0.1, 0.15) is 42.9 Å². The van der Waals surface area contributed by atoms with Gasteiger partial charge >= 0.3 is 0 Å². The summed E-state index contributed by atoms with van der Waals surface area (Å²) in [6, 6.07) is 5.56. The molecule has 0 unspecified atom stereocenters. The van der Waals surface area contributed by atoms with Crippen molar-refractivity contribution in [3.63, 3.8) is 0 Å². The molecular weight excluding hydrogens is 316 g/mol. The lowest BCUT2D eigenvalue weighted by molar-refractivity contribution is -0.137. The van der Waals surface area contributed by atoms with Crippen LogP contribution in [0.2, 0.25) is 0 Å². The molecule has 0 spiro atoms. The molecule has 2 heterocycles. The van der Waals surface area contributed by atoms with Crippen molar-refractivity contribution in [2.45, 2.75) is 33.6 Å². The number of aromatic nitrogens is 2. The maximum atomic E-state index is 12.8. The molecule has 6 nitrogen and oxygen atoms in total. The summed E-state index contributed by atoms with van der Waals surface area (Å²) in [6.07, 6.45) is 1.75. The zero-order chi connectivity index (χ0) is 18.0. The number of fused-ring (bicyclic) bond motifs is 1. The third kappa shape index (κ3) is 3.52. The second kappa shape index (κ2) is 7.25. The van der Waals surface area contributed by atoms with E-state index in [1.165, 1.54) is 0 Å². The number of hydrogen-bond acceptors (Lipinski definition) is 3. The molecule has 1 fully saturated rings. The van der Waals surface area contributed by atoms with Gasteiger partial charge in [0.1, 0.15) is 5.82 Å². The van der Waals surface area contributed by atoms with Gasteiger partial charge in [-0.3, -0.25) is 9.59 Å². The van der Waals surface area contributed by atoms with Gasteiger partial charge in [-0.15, -0.1) is 0 Å². The number of carbonyl (C=O) groups is 2. The van der Waals surface area contributed by atoms with Gasteiger partial charge in [0.15, 0.2) is 0 Å². The Balaban J connectivity index is 1.65. The maximum absolute atomic E-state index is 12.8. The zero-order valence-electron chi connectivity index (χ0n) is 15.2. The predicted octanol–water partition coefficient (Wildman–Crippen LogP) is 2.59. The highest BCUT2D eigenvalue weighted by atomic mass is 16.2. The van der Waals surface area contributed by atoms with E-state index in [1.807, 2.05) is 34.9 Å². The molecule has 1 N–H and O–H groups in total. The van der Waals surface area contributed by atoms with E-state index in [9.17, 15) is 9.59 Å². The minimum absolute atomic E-state index is 0.0174. The van der Waals surface area contributed by atoms with Crippen molar-refractivity contribution in [1.82, 2.24) is 19.8 Å². The minimum atomic E-state index is 0.0174. The molecule has 0 atom stereocenters. The van der Waals surface area contributed by atoms with Crippen LogP contribution >= 0.6 is 0 Å². The Bertz CT molecular complexity index is 771. The first kappa shape index (κ1) is 17.5. The molecule has 134 valence electrons. The molecule has 1 aromatic heterocycles. The molecular formula is C19H26N4O2. The Labute approximate surface area is 148 Å². The highest BCUT2D eigenvalue weighted by molar-refractivity contribution is 5.97. The first-order valence-electron chi connectivity index (χ1n) is 9.08. The van der Waals surface area contributed by atoms with Gasteiger partial charge in [-0.25, -0.2) is 4.98 Å². The Morgan fingerprint density at radius 1 is 1.12 bits per heavy atom. The number of H-pyrrole nitrogens is 1. The number of nitrogens with zero attached hydrogens (tertiary/aromatic N) is 3. The Morgan fingerprint density at radius 3 is 2.40 bits per heavy atom. The lowest BCUT2D eigenvalue weighted by Crippen LogP contribution is -2.51. The van der Waals surface area contributed by atoms with Crippen molar-refractivity contribution in [3.05, 3.63) is 29.6 Å². The molecule has 2 amide bonds. The number of piperazine rings is 1. The van der Waals surface area contributed by atoms with Crippen molar-refractivity contribution < 1.29 is 9.59 Å². The molecule has 1 saturated heterocycles. The lowest BCUT2D eigenvalue weighted by atomic mass is 10.0. The number of hydrogen-bond donors (Lipinski definition) is 1. The van der Waals surface area contributed by atoms with Gasteiger partial charge in [0.25, 0.3) is 5.91 Å². The van der Waals surface area contributed by atoms with Crippen LogP contribution in [0.25, 0.3) is 11.0 Å². The Morgan fingerprint density at radius 2 is 1.76 bits per heavy atom. The fourth-order valence-electron chi connectivity index (χ4n) is 3.48. The average molecular weight is 342 g/mol. The van der Waals surface area contributed by atoms with Crippen molar-refractivity contribution in [1.29, 1.82) is 0 Å². The van der Waals surface area contributed by atoms with Crippen LogP contribution in [0, 0.1) is 12.8 Å². The van der Waals surface area contributed by atoms with E-state index in [0.29, 0.717) is 31.7 Å². The highest BCUT2D eigenvalue weighted by Crippen LogP contribution is 2.18. The van der Waals surface area contributed by atoms with Gasteiger partial charge in [0.05, 0.1) is 11.0 Å². The molecule has 25 heavy (non-hydrogen) atoms. The number of aryl methyl sites for hydroxylation is 1. The molecule has 3 rings (SSSR count). The first-order valence-corrected chi connectivity index (χ1v) is 9.08. The summed E-state index contributed by atoms with van der Waals surface area (Å²) >= 11 is 0. The Hall–Kier alpha value is -2.37. The van der Waals surface area contributed by atoms with Gasteiger partial charge < -0.3 is 14.8 Å². The lowest BCUT2D eigenvalue weighted by Gasteiger charge is -2.36. The van der Waals surface area contributed by atoms with Crippen LogP contribution in [0.5, 0.6) is 0 Å². The van der Waals surface area contributed by atoms with E-state index in [4.69, 9.17) is 0 Å². The molecule has 0 aliphatic carbocycles. The fraction of sp³-hybridized carbons (Fsp3) is 0.526. The van der Waals surface area contributed by atoms with Gasteiger partial charge in [0.2, 0.25) is 5.91 Å². The van der Waals surface area contributed by atoms with Gasteiger partial charge in [-0.2, -0.15) is 0 Å². The van der Waals surface area contributed by atoms with E-state index >= 15 is 0 Å². The number of carbonyl (C=O) groups excluding carboxylic acids is 2. The summed E-state index contributed by atoms with van der Waals surface area (Å²) < 4.78 is 0. The summed E-state index contributed by atoms with van der Waals surface area (Å²) in [6.45, 7) is 8.42. The smallest absolute Gasteiger partial charge is 0.254 e. The SMILES string of the molecule is CCC(CC)C(=O)N1CCN(C(=O)c2ccc3nc(C)[nH]c3c2)CC1. The minimum Gasteiger partial charge on any atom is -0.342 e. The third-order valence-electron chi connectivity index (χ3n) is 5.06. The highest BCUT2D eigenvalue weighted by Gasteiger charge is 2.27. The molecule has 1 aliphatic rings. The van der Waals surface area contributed by atoms with Crippen LogP contribution in [0.3, 0.4) is 0 Å². The second-order valence-electron chi connectivity index (χ2n) is 6.69. The summed E-state index contributed by atoms with van der Waals surface area (Å²) in [7, 11) is 0. The second-order valence-corrected chi connectivity index (χ2v) is 6.69. The summed E-state index contributed by atoms with van der Waals surface area (Å²) in [5.74, 6) is 1.19. The van der Waals surface area contributed by atoms with Crippen LogP contribution in [0.15, 0.2) is 18.2 Å². The van der Waals surface area contributed by atoms with E-state index in [-0.39, 0.29) is 17.7 Å². The number of amides is 2. The topological polar surface area (TPSA) is 69.3 Å². The van der Waals surface area contributed by atoms with Gasteiger partial charge in [-0.1, -0.05) is 13.8 Å². The van der Waals surface area contributed by atoms with Crippen molar-refractivity contribution in [2.75, 3.05) is 26.2 Å². The van der Waals surface area contributed by atoms with Crippen LogP contribution in [-0.4, -0.2) is 57.8 Å². The fourth-order valence-corrected chi connectivity index (χ4v) is 3.48. The number of rotatable bonds is 4. The van der Waals surface area contributed by atoms with Crippen LogP contribution in [-0.2, 0) is 4.79 Å². The van der Waals surface area contributed by atoms with E-state index in [2.05, 4.69) is 23.8 Å². The Kier molecular flexibility index (Phi) is 5.06. The van der Waals surface area contributed by atoms with E-state index < -0.39 is 0 Å². The summed E-state index contributed by atoms with van der Waals surface area (Å²) in [5.41, 5.74) is 2.41. The zero-order valence-corrected chi connectivity index (χ0v) is 15.2. The number of imidazole rings is 1. The third-order valence-corrected chi connectivity index (χ3v) is 5.06. The summed E-state index contributed by atoms with van der Waals surface area (Å²) in [4.78, 5) is 36.5. The van der Waals surface area contributed by atoms with E-state index in [1.54, 1.807) is 0 Å². The number of benzene rings is 1. The molecule has 0 bridgehead atoms. The molecule has 0 saturated carbocycles. The quantitative estimate of drug-likeness (QED) is 0.928. The standard InChI is InChI=1S/C19H26N4O2/c1-4-14(5-2)18(24)22-8-10-23(11-9-22)19(25)15-6-7-16-17(12-15)21-13(3)20-16/h6-7,12,14H,4-5,8-11H2,1-3H3,(H,20,21). The molecule has 6 heteroatoms. The average Bonchev–Trinajstić information content (AvgIpc) is 3.01.